The van der Waals surface area contributed by atoms with Gasteiger partial charge in [0.15, 0.2) is 0 Å². The number of hydrogen-bond donors (Lipinski definition) is 2. The Labute approximate surface area is 176 Å². The van der Waals surface area contributed by atoms with Crippen molar-refractivity contribution < 1.29 is 18.0 Å². The van der Waals surface area contributed by atoms with Gasteiger partial charge in [-0.2, -0.15) is 0 Å². The minimum atomic E-state index is -4.04. The predicted molar refractivity (Wildman–Crippen MR) is 112 cm³/mol. The maximum atomic E-state index is 12.7. The molecule has 7 nitrogen and oxygen atoms in total. The van der Waals surface area contributed by atoms with Gasteiger partial charge >= 0.3 is 0 Å². The van der Waals surface area contributed by atoms with E-state index in [4.69, 9.17) is 23.2 Å². The second kappa shape index (κ2) is 8.60. The summed E-state index contributed by atoms with van der Waals surface area (Å²) in [5.41, 5.74) is 0.452. The molecule has 2 amide bonds. The molecule has 1 aliphatic heterocycles. The van der Waals surface area contributed by atoms with Crippen molar-refractivity contribution in [1.29, 1.82) is 0 Å². The molecule has 1 heterocycles. The van der Waals surface area contributed by atoms with Crippen molar-refractivity contribution in [3.63, 3.8) is 0 Å². The number of sulfonamides is 1. The topological polar surface area (TPSA) is 95.6 Å². The van der Waals surface area contributed by atoms with Gasteiger partial charge in [0.25, 0.3) is 15.3 Å². The number of para-hydroxylation sites is 1. The summed E-state index contributed by atoms with van der Waals surface area (Å²) in [6.07, 6.45) is 0. The molecule has 148 valence electrons. The van der Waals surface area contributed by atoms with E-state index in [1.54, 1.807) is 18.2 Å². The molecule has 0 aromatic heterocycles. The van der Waals surface area contributed by atoms with Crippen LogP contribution in [0, 0.1) is 0 Å². The highest BCUT2D eigenvalue weighted by atomic mass is 35.5. The van der Waals surface area contributed by atoms with Crippen LogP contribution in [0.4, 0.5) is 16.2 Å². The zero-order valence-electron chi connectivity index (χ0n) is 14.3. The van der Waals surface area contributed by atoms with E-state index in [1.807, 2.05) is 0 Å². The fourth-order valence-corrected chi connectivity index (χ4v) is 5.14. The van der Waals surface area contributed by atoms with Crippen LogP contribution in [-0.2, 0) is 14.8 Å². The molecule has 28 heavy (non-hydrogen) atoms. The third-order valence-electron chi connectivity index (χ3n) is 3.80. The molecule has 3 rings (SSSR count). The van der Waals surface area contributed by atoms with Gasteiger partial charge in [0.1, 0.15) is 11.4 Å². The Balaban J connectivity index is 1.78. The molecule has 2 aromatic rings. The van der Waals surface area contributed by atoms with Gasteiger partial charge in [-0.3, -0.25) is 14.3 Å². The van der Waals surface area contributed by atoms with Crippen LogP contribution in [0.1, 0.15) is 0 Å². The van der Waals surface area contributed by atoms with Gasteiger partial charge in [0.05, 0.1) is 15.7 Å². The molecule has 2 N–H and O–H groups in total. The van der Waals surface area contributed by atoms with E-state index in [9.17, 15) is 18.0 Å². The molecule has 0 spiro atoms. The van der Waals surface area contributed by atoms with Crippen LogP contribution in [0.25, 0.3) is 0 Å². The zero-order valence-corrected chi connectivity index (χ0v) is 17.5. The largest absolute Gasteiger partial charge is 0.325 e. The SMILES string of the molecule is O=C(CN1CCSC1=O)Nc1ccc(Cl)c(S(=O)(=O)Nc2ccccc2Cl)c1. The summed E-state index contributed by atoms with van der Waals surface area (Å²) in [6, 6.07) is 10.5. The fourth-order valence-electron chi connectivity index (χ4n) is 2.47. The van der Waals surface area contributed by atoms with E-state index in [1.165, 1.54) is 29.2 Å². The molecule has 0 radical (unpaired) electrons. The number of nitrogens with zero attached hydrogens (tertiary/aromatic N) is 1. The molecule has 0 unspecified atom stereocenters. The van der Waals surface area contributed by atoms with E-state index < -0.39 is 15.9 Å². The van der Waals surface area contributed by atoms with Crippen molar-refractivity contribution in [3.05, 3.63) is 52.5 Å². The summed E-state index contributed by atoms with van der Waals surface area (Å²) in [6.45, 7) is 0.396. The quantitative estimate of drug-likeness (QED) is 0.682. The normalized spacial score (nSPS) is 14.2. The summed E-state index contributed by atoms with van der Waals surface area (Å²) < 4.78 is 27.8. The summed E-state index contributed by atoms with van der Waals surface area (Å²) >= 11 is 13.2. The fraction of sp³-hybridized carbons (Fsp3) is 0.176. The first-order chi connectivity index (χ1) is 13.3. The second-order valence-electron chi connectivity index (χ2n) is 5.81. The van der Waals surface area contributed by atoms with E-state index in [0.717, 1.165) is 11.8 Å². The molecule has 1 saturated heterocycles. The minimum absolute atomic E-state index is 0.0105. The Morgan fingerprint density at radius 1 is 1.14 bits per heavy atom. The van der Waals surface area contributed by atoms with Gasteiger partial charge in [-0.1, -0.05) is 47.1 Å². The van der Waals surface area contributed by atoms with Crippen LogP contribution in [0.3, 0.4) is 0 Å². The summed E-state index contributed by atoms with van der Waals surface area (Å²) in [7, 11) is -4.04. The monoisotopic (exact) mass is 459 g/mol. The Bertz CT molecular complexity index is 1030. The average molecular weight is 460 g/mol. The van der Waals surface area contributed by atoms with Crippen LogP contribution >= 0.6 is 35.0 Å². The number of anilines is 2. The second-order valence-corrected chi connectivity index (χ2v) is 9.33. The maximum absolute atomic E-state index is 12.7. The number of carbonyl (C=O) groups is 2. The number of amides is 2. The first-order valence-electron chi connectivity index (χ1n) is 8.05. The van der Waals surface area contributed by atoms with Gasteiger partial charge in [-0.15, -0.1) is 0 Å². The number of hydrogen-bond acceptors (Lipinski definition) is 5. The molecule has 0 aliphatic carbocycles. The third-order valence-corrected chi connectivity index (χ3v) is 6.87. The van der Waals surface area contributed by atoms with E-state index in [2.05, 4.69) is 10.0 Å². The van der Waals surface area contributed by atoms with Gasteiger partial charge in [-0.05, 0) is 30.3 Å². The molecular weight excluding hydrogens is 445 g/mol. The van der Waals surface area contributed by atoms with E-state index in [0.29, 0.717) is 12.3 Å². The molecule has 0 bridgehead atoms. The van der Waals surface area contributed by atoms with Crippen molar-refractivity contribution in [2.75, 3.05) is 28.9 Å². The van der Waals surface area contributed by atoms with Crippen molar-refractivity contribution in [2.45, 2.75) is 4.90 Å². The maximum Gasteiger partial charge on any atom is 0.282 e. The predicted octanol–water partition coefficient (Wildman–Crippen LogP) is 3.90. The van der Waals surface area contributed by atoms with Crippen molar-refractivity contribution in [1.82, 2.24) is 4.90 Å². The van der Waals surface area contributed by atoms with Crippen LogP contribution in [0.15, 0.2) is 47.4 Å². The minimum Gasteiger partial charge on any atom is -0.325 e. The van der Waals surface area contributed by atoms with Crippen LogP contribution in [0.5, 0.6) is 0 Å². The molecule has 2 aromatic carbocycles. The van der Waals surface area contributed by atoms with Crippen LogP contribution in [-0.4, -0.2) is 43.3 Å². The molecule has 1 fully saturated rings. The van der Waals surface area contributed by atoms with Crippen molar-refractivity contribution >= 4 is 67.5 Å². The number of thioether (sulfide) groups is 1. The molecule has 11 heteroatoms. The first kappa shape index (κ1) is 20.8. The third kappa shape index (κ3) is 4.91. The highest BCUT2D eigenvalue weighted by Crippen LogP contribution is 2.29. The molecule has 0 atom stereocenters. The molecular formula is C17H15Cl2N3O4S2. The van der Waals surface area contributed by atoms with Gasteiger partial charge in [0, 0.05) is 18.0 Å². The summed E-state index contributed by atoms with van der Waals surface area (Å²) in [4.78, 5) is 25.0. The Hall–Kier alpha value is -1.94. The average Bonchev–Trinajstić information content (AvgIpc) is 3.03. The van der Waals surface area contributed by atoms with E-state index in [-0.39, 0.29) is 38.1 Å². The lowest BCUT2D eigenvalue weighted by Crippen LogP contribution is -2.33. The molecule has 1 aliphatic rings. The molecule has 0 saturated carbocycles. The summed E-state index contributed by atoms with van der Waals surface area (Å²) in [5, 5.41) is 2.66. The number of carbonyl (C=O) groups excluding carboxylic acids is 2. The van der Waals surface area contributed by atoms with E-state index >= 15 is 0 Å². The summed E-state index contributed by atoms with van der Waals surface area (Å²) in [5.74, 6) is 0.212. The van der Waals surface area contributed by atoms with Gasteiger partial charge in [0.2, 0.25) is 5.91 Å². The number of nitrogens with one attached hydrogen (secondary N) is 2. The standard InChI is InChI=1S/C17H15Cl2N3O4S2/c18-12-3-1-2-4-14(12)21-28(25,26)15-9-11(5-6-13(15)19)20-16(23)10-22-7-8-27-17(22)24/h1-6,9,21H,7-8,10H2,(H,20,23). The van der Waals surface area contributed by atoms with Gasteiger partial charge in [-0.25, -0.2) is 8.42 Å². The van der Waals surface area contributed by atoms with Gasteiger partial charge < -0.3 is 10.2 Å². The number of rotatable bonds is 6. The lowest BCUT2D eigenvalue weighted by atomic mass is 10.3. The number of benzene rings is 2. The highest BCUT2D eigenvalue weighted by molar-refractivity contribution is 8.13. The Morgan fingerprint density at radius 3 is 2.57 bits per heavy atom. The van der Waals surface area contributed by atoms with Crippen molar-refractivity contribution in [3.8, 4) is 0 Å². The van der Waals surface area contributed by atoms with Crippen LogP contribution < -0.4 is 10.0 Å². The highest BCUT2D eigenvalue weighted by Gasteiger charge is 2.24. The Kier molecular flexibility index (Phi) is 6.39. The number of halogens is 2. The lowest BCUT2D eigenvalue weighted by molar-refractivity contribution is -0.116. The zero-order chi connectivity index (χ0) is 20.3. The lowest BCUT2D eigenvalue weighted by Gasteiger charge is -2.15. The van der Waals surface area contributed by atoms with Crippen LogP contribution in [0.2, 0.25) is 10.0 Å². The Morgan fingerprint density at radius 2 is 1.89 bits per heavy atom. The first-order valence-corrected chi connectivity index (χ1v) is 11.3. The van der Waals surface area contributed by atoms with Crippen molar-refractivity contribution in [2.24, 2.45) is 0 Å². The smallest absolute Gasteiger partial charge is 0.282 e.